The van der Waals surface area contributed by atoms with Crippen molar-refractivity contribution in [3.63, 3.8) is 0 Å². The highest BCUT2D eigenvalue weighted by Gasteiger charge is 2.14. The predicted molar refractivity (Wildman–Crippen MR) is 70.9 cm³/mol. The Labute approximate surface area is 109 Å². The van der Waals surface area contributed by atoms with Crippen LogP contribution >= 0.6 is 23.5 Å². The highest BCUT2D eigenvalue weighted by atomic mass is 32.2. The maximum atomic E-state index is 10.6. The molecule has 0 aliphatic carbocycles. The van der Waals surface area contributed by atoms with Crippen LogP contribution in [0.5, 0.6) is 0 Å². The molecule has 0 aromatic carbocycles. The summed E-state index contributed by atoms with van der Waals surface area (Å²) < 4.78 is 5.16. The fourth-order valence-electron chi connectivity index (χ4n) is 1.60. The van der Waals surface area contributed by atoms with Gasteiger partial charge >= 0.3 is 5.97 Å². The van der Waals surface area contributed by atoms with Crippen LogP contribution in [-0.2, 0) is 6.54 Å². The fraction of sp³-hybridized carbons (Fsp3) is 0.545. The quantitative estimate of drug-likeness (QED) is 0.854. The van der Waals surface area contributed by atoms with E-state index in [9.17, 15) is 4.79 Å². The van der Waals surface area contributed by atoms with Gasteiger partial charge in [-0.2, -0.15) is 23.5 Å². The second kappa shape index (κ2) is 6.37. The lowest BCUT2D eigenvalue weighted by atomic mass is 10.3. The Hall–Kier alpha value is -0.590. The molecule has 1 fully saturated rings. The maximum absolute atomic E-state index is 10.6. The van der Waals surface area contributed by atoms with E-state index in [0.29, 0.717) is 17.6 Å². The summed E-state index contributed by atoms with van der Waals surface area (Å²) in [7, 11) is 0. The van der Waals surface area contributed by atoms with E-state index in [1.807, 2.05) is 23.5 Å². The van der Waals surface area contributed by atoms with E-state index in [2.05, 4.69) is 5.32 Å². The molecular weight excluding hydrogens is 258 g/mol. The molecular formula is C11H15NO3S2. The van der Waals surface area contributed by atoms with E-state index >= 15 is 0 Å². The second-order valence-electron chi connectivity index (χ2n) is 3.81. The number of aromatic carboxylic acids is 1. The first-order valence-corrected chi connectivity index (χ1v) is 7.67. The van der Waals surface area contributed by atoms with Crippen LogP contribution in [0.1, 0.15) is 16.1 Å². The molecule has 4 nitrogen and oxygen atoms in total. The SMILES string of the molecule is O=C(O)c1coc(CNCC2CSCCS2)c1. The lowest BCUT2D eigenvalue weighted by Gasteiger charge is -2.20. The van der Waals surface area contributed by atoms with Crippen molar-refractivity contribution in [2.45, 2.75) is 11.8 Å². The molecule has 1 atom stereocenters. The zero-order chi connectivity index (χ0) is 12.1. The average Bonchev–Trinajstić information content (AvgIpc) is 2.79. The molecule has 1 saturated heterocycles. The van der Waals surface area contributed by atoms with Crippen LogP contribution in [0.4, 0.5) is 0 Å². The van der Waals surface area contributed by atoms with Crippen molar-refractivity contribution in [1.82, 2.24) is 5.32 Å². The summed E-state index contributed by atoms with van der Waals surface area (Å²) in [6.45, 7) is 1.54. The first-order chi connectivity index (χ1) is 8.25. The van der Waals surface area contributed by atoms with E-state index in [-0.39, 0.29) is 5.56 Å². The standard InChI is InChI=1S/C11H15NO3S2/c13-11(14)8-3-9(15-6-8)4-12-5-10-7-16-1-2-17-10/h3,6,10,12H,1-2,4-5,7H2,(H,13,14). The van der Waals surface area contributed by atoms with Crippen molar-refractivity contribution >= 4 is 29.5 Å². The number of furan rings is 1. The number of rotatable bonds is 5. The van der Waals surface area contributed by atoms with E-state index in [0.717, 1.165) is 6.54 Å². The molecule has 2 N–H and O–H groups in total. The number of thioether (sulfide) groups is 2. The minimum absolute atomic E-state index is 0.212. The van der Waals surface area contributed by atoms with E-state index in [4.69, 9.17) is 9.52 Å². The summed E-state index contributed by atoms with van der Waals surface area (Å²) >= 11 is 4.00. The number of hydrogen-bond acceptors (Lipinski definition) is 5. The van der Waals surface area contributed by atoms with Crippen molar-refractivity contribution in [2.75, 3.05) is 23.8 Å². The van der Waals surface area contributed by atoms with Gasteiger partial charge in [-0.3, -0.25) is 0 Å². The Balaban J connectivity index is 1.71. The van der Waals surface area contributed by atoms with Gasteiger partial charge in [-0.1, -0.05) is 0 Å². The van der Waals surface area contributed by atoms with Crippen molar-refractivity contribution in [2.24, 2.45) is 0 Å². The lowest BCUT2D eigenvalue weighted by Crippen LogP contribution is -2.28. The van der Waals surface area contributed by atoms with E-state index in [1.165, 1.54) is 23.5 Å². The molecule has 1 aliphatic rings. The summed E-state index contributed by atoms with van der Waals surface area (Å²) in [5.41, 5.74) is 0.212. The average molecular weight is 273 g/mol. The first kappa shape index (κ1) is 12.9. The van der Waals surface area contributed by atoms with Gasteiger partial charge in [-0.05, 0) is 6.07 Å². The monoisotopic (exact) mass is 273 g/mol. The van der Waals surface area contributed by atoms with Gasteiger partial charge in [0.25, 0.3) is 0 Å². The van der Waals surface area contributed by atoms with Gasteiger partial charge < -0.3 is 14.8 Å². The number of carboxylic acid groups (broad SMARTS) is 1. The molecule has 0 spiro atoms. The minimum Gasteiger partial charge on any atom is -0.478 e. The van der Waals surface area contributed by atoms with Crippen molar-refractivity contribution in [1.29, 1.82) is 0 Å². The second-order valence-corrected chi connectivity index (χ2v) is 6.36. The molecule has 1 unspecified atom stereocenters. The highest BCUT2D eigenvalue weighted by molar-refractivity contribution is 8.06. The maximum Gasteiger partial charge on any atom is 0.338 e. The topological polar surface area (TPSA) is 62.5 Å². The minimum atomic E-state index is -0.945. The van der Waals surface area contributed by atoms with Crippen LogP contribution in [0.2, 0.25) is 0 Å². The van der Waals surface area contributed by atoms with Gasteiger partial charge in [-0.25, -0.2) is 4.79 Å². The van der Waals surface area contributed by atoms with Crippen LogP contribution in [0.15, 0.2) is 16.7 Å². The summed E-state index contributed by atoms with van der Waals surface area (Å²) in [4.78, 5) is 10.6. The highest BCUT2D eigenvalue weighted by Crippen LogP contribution is 2.23. The normalized spacial score (nSPS) is 20.4. The fourth-order valence-corrected chi connectivity index (χ4v) is 4.24. The van der Waals surface area contributed by atoms with Gasteiger partial charge in [0.15, 0.2) is 0 Å². The lowest BCUT2D eigenvalue weighted by molar-refractivity contribution is 0.0696. The summed E-state index contributed by atoms with van der Waals surface area (Å²) in [5, 5.41) is 12.7. The molecule has 0 amide bonds. The first-order valence-electron chi connectivity index (χ1n) is 5.46. The number of nitrogens with one attached hydrogen (secondary N) is 1. The van der Waals surface area contributed by atoms with Crippen LogP contribution in [0.3, 0.4) is 0 Å². The molecule has 0 bridgehead atoms. The largest absolute Gasteiger partial charge is 0.478 e. The van der Waals surface area contributed by atoms with Gasteiger partial charge in [0, 0.05) is 29.1 Å². The van der Waals surface area contributed by atoms with Gasteiger partial charge in [0.05, 0.1) is 12.1 Å². The number of carboxylic acids is 1. The van der Waals surface area contributed by atoms with Gasteiger partial charge in [0.1, 0.15) is 12.0 Å². The third-order valence-electron chi connectivity index (χ3n) is 2.46. The Morgan fingerprint density at radius 1 is 1.59 bits per heavy atom. The molecule has 6 heteroatoms. The Morgan fingerprint density at radius 2 is 2.47 bits per heavy atom. The van der Waals surface area contributed by atoms with Gasteiger partial charge in [-0.15, -0.1) is 0 Å². The van der Waals surface area contributed by atoms with Gasteiger partial charge in [0.2, 0.25) is 0 Å². The number of carbonyl (C=O) groups is 1. The zero-order valence-corrected chi connectivity index (χ0v) is 11.0. The number of hydrogen-bond donors (Lipinski definition) is 2. The van der Waals surface area contributed by atoms with Crippen LogP contribution < -0.4 is 5.32 Å². The molecule has 1 aliphatic heterocycles. The van der Waals surface area contributed by atoms with E-state index < -0.39 is 5.97 Å². The van der Waals surface area contributed by atoms with Crippen LogP contribution in [0, 0.1) is 0 Å². The van der Waals surface area contributed by atoms with Crippen molar-refractivity contribution in [3.8, 4) is 0 Å². The predicted octanol–water partition coefficient (Wildman–Crippen LogP) is 1.92. The third kappa shape index (κ3) is 3.97. The summed E-state index contributed by atoms with van der Waals surface area (Å²) in [6, 6.07) is 1.57. The molecule has 2 rings (SSSR count). The van der Waals surface area contributed by atoms with Crippen LogP contribution in [0.25, 0.3) is 0 Å². The molecule has 17 heavy (non-hydrogen) atoms. The van der Waals surface area contributed by atoms with Crippen molar-refractivity contribution < 1.29 is 14.3 Å². The zero-order valence-electron chi connectivity index (χ0n) is 9.35. The summed E-state index contributed by atoms with van der Waals surface area (Å²) in [5.74, 6) is 3.40. The third-order valence-corrected chi connectivity index (χ3v) is 5.30. The Morgan fingerprint density at radius 3 is 3.12 bits per heavy atom. The molecule has 1 aromatic heterocycles. The smallest absolute Gasteiger partial charge is 0.338 e. The van der Waals surface area contributed by atoms with Crippen LogP contribution in [-0.4, -0.2) is 40.1 Å². The molecule has 1 aromatic rings. The Kier molecular flexibility index (Phi) is 4.82. The summed E-state index contributed by atoms with van der Waals surface area (Å²) in [6.07, 6.45) is 1.28. The molecule has 0 saturated carbocycles. The molecule has 94 valence electrons. The van der Waals surface area contributed by atoms with Crippen molar-refractivity contribution in [3.05, 3.63) is 23.7 Å². The molecule has 0 radical (unpaired) electrons. The van der Waals surface area contributed by atoms with E-state index in [1.54, 1.807) is 6.07 Å². The molecule has 2 heterocycles. The Bertz CT molecular complexity index is 375.